The summed E-state index contributed by atoms with van der Waals surface area (Å²) in [5.41, 5.74) is 4.88. The first-order chi connectivity index (χ1) is 29.3. The molecule has 1 heterocycles. The summed E-state index contributed by atoms with van der Waals surface area (Å²) in [4.78, 5) is 4.38. The van der Waals surface area contributed by atoms with Gasteiger partial charge in [0.25, 0.3) is 10.1 Å². The Morgan fingerprint density at radius 3 is 2.00 bits per heavy atom. The van der Waals surface area contributed by atoms with Crippen molar-refractivity contribution in [1.82, 2.24) is 4.58 Å². The number of methoxy groups -OCH3 is 2. The lowest BCUT2D eigenvalue weighted by atomic mass is 9.93. The normalized spacial score (nSPS) is 12.1. The minimum absolute atomic E-state index is 0.186. The molecule has 0 saturated carbocycles. The van der Waals surface area contributed by atoms with Gasteiger partial charge in [-0.05, 0) is 66.7 Å². The summed E-state index contributed by atoms with van der Waals surface area (Å²) in [6.07, 6.45) is 0. The van der Waals surface area contributed by atoms with Crippen LogP contribution in [0.25, 0.3) is 33.4 Å². The standard InChI is InChI=1S/C49H42N2O6S3/c1-55-44-22-12-10-20-42(44)50(29-31-58-37-15-5-3-6-16-37)35-25-27-39-46(33-35)57-47-34-36(26-28-40(47)49(39)41-19-9-14-24-48(41)60(52,53)54)51(43-21-11-13-23-45(43)56-2)30-32-59-38-17-7-4-8-18-38/h3-28,33-34H,29-32H2,1-2H3/p+1. The van der Waals surface area contributed by atoms with E-state index in [1.54, 1.807) is 55.9 Å². The number of hydrogen-bond donors (Lipinski definition) is 1. The van der Waals surface area contributed by atoms with Crippen molar-refractivity contribution in [2.45, 2.75) is 14.7 Å². The van der Waals surface area contributed by atoms with Crippen molar-refractivity contribution >= 4 is 61.7 Å². The molecule has 0 saturated heterocycles. The van der Waals surface area contributed by atoms with Crippen LogP contribution < -0.4 is 24.3 Å². The average Bonchev–Trinajstić information content (AvgIpc) is 3.28. The van der Waals surface area contributed by atoms with Gasteiger partial charge in [0.05, 0.1) is 31.7 Å². The minimum atomic E-state index is -4.60. The van der Waals surface area contributed by atoms with Crippen molar-refractivity contribution in [3.63, 3.8) is 0 Å². The van der Waals surface area contributed by atoms with Gasteiger partial charge >= 0.3 is 0 Å². The molecule has 2 aliphatic rings. The second-order valence-electron chi connectivity index (χ2n) is 13.8. The number of ether oxygens (including phenoxy) is 2. The maximum absolute atomic E-state index is 12.9. The summed E-state index contributed by atoms with van der Waals surface area (Å²) in [6.45, 7) is 1.30. The molecule has 0 atom stereocenters. The zero-order chi connectivity index (χ0) is 41.5. The second kappa shape index (κ2) is 18.5. The first kappa shape index (κ1) is 40.8. The Labute approximate surface area is 358 Å². The minimum Gasteiger partial charge on any atom is -0.495 e. The number of anilines is 2. The van der Waals surface area contributed by atoms with Gasteiger partial charge in [0.1, 0.15) is 22.0 Å². The molecule has 60 heavy (non-hydrogen) atoms. The molecule has 1 aliphatic carbocycles. The summed E-state index contributed by atoms with van der Waals surface area (Å²) < 4.78 is 57.2. The first-order valence-corrected chi connectivity index (χ1v) is 22.8. The highest BCUT2D eigenvalue weighted by molar-refractivity contribution is 7.99. The van der Waals surface area contributed by atoms with E-state index in [0.29, 0.717) is 46.5 Å². The quantitative estimate of drug-likeness (QED) is 0.0468. The second-order valence-corrected chi connectivity index (χ2v) is 17.5. The van der Waals surface area contributed by atoms with Crippen LogP contribution in [0.3, 0.4) is 0 Å². The van der Waals surface area contributed by atoms with Crippen molar-refractivity contribution in [1.29, 1.82) is 0 Å². The SMILES string of the molecule is COc1ccccc1N(CCSc1ccccc1)c1ccc2c(-c3ccccc3S(=O)(=O)O)c3ccc(=[N+](CCSc4ccccc4)c4ccccc4OC)cc-3oc2c1. The molecule has 11 heteroatoms. The number of benzene rings is 7. The van der Waals surface area contributed by atoms with Crippen LogP contribution in [0.4, 0.5) is 17.1 Å². The fourth-order valence-corrected chi connectivity index (χ4v) is 9.83. The smallest absolute Gasteiger partial charge is 0.295 e. The van der Waals surface area contributed by atoms with Crippen LogP contribution in [0.5, 0.6) is 11.5 Å². The summed E-state index contributed by atoms with van der Waals surface area (Å²) >= 11 is 3.54. The molecule has 1 aliphatic heterocycles. The number of para-hydroxylation sites is 4. The zero-order valence-electron chi connectivity index (χ0n) is 33.1. The van der Waals surface area contributed by atoms with E-state index < -0.39 is 10.1 Å². The van der Waals surface area contributed by atoms with Crippen LogP contribution in [0, 0.1) is 0 Å². The molecule has 0 fully saturated rings. The Bertz CT molecular complexity index is 2900. The molecule has 0 aromatic heterocycles. The van der Waals surface area contributed by atoms with Gasteiger partial charge in [-0.25, -0.2) is 0 Å². The van der Waals surface area contributed by atoms with Gasteiger partial charge in [-0.3, -0.25) is 4.55 Å². The van der Waals surface area contributed by atoms with Crippen LogP contribution in [0.2, 0.25) is 0 Å². The number of thioether (sulfide) groups is 2. The molecular weight excluding hydrogens is 809 g/mol. The molecule has 0 radical (unpaired) electrons. The Kier molecular flexibility index (Phi) is 12.6. The van der Waals surface area contributed by atoms with Crippen LogP contribution >= 0.6 is 23.5 Å². The van der Waals surface area contributed by atoms with E-state index in [1.807, 2.05) is 121 Å². The number of fused-ring (bicyclic) bond motifs is 2. The van der Waals surface area contributed by atoms with Gasteiger partial charge in [-0.15, -0.1) is 23.5 Å². The Hall–Kier alpha value is -5.98. The molecule has 8 nitrogen and oxygen atoms in total. The highest BCUT2D eigenvalue weighted by atomic mass is 32.2. The van der Waals surface area contributed by atoms with Crippen molar-refractivity contribution in [2.75, 3.05) is 43.7 Å². The maximum atomic E-state index is 12.9. The van der Waals surface area contributed by atoms with E-state index in [4.69, 9.17) is 13.9 Å². The third-order valence-corrected chi connectivity index (χ3v) is 13.0. The molecule has 0 unspecified atom stereocenters. The largest absolute Gasteiger partial charge is 0.495 e. The number of nitrogens with zero attached hydrogens (tertiary/aromatic N) is 2. The van der Waals surface area contributed by atoms with Crippen LogP contribution in [0.15, 0.2) is 189 Å². The maximum Gasteiger partial charge on any atom is 0.295 e. The molecule has 6 aromatic rings. The van der Waals surface area contributed by atoms with Crippen molar-refractivity contribution in [2.24, 2.45) is 0 Å². The highest BCUT2D eigenvalue weighted by Gasteiger charge is 2.26. The molecule has 8 rings (SSSR count). The molecule has 0 bridgehead atoms. The fourth-order valence-electron chi connectivity index (χ4n) is 7.42. The van der Waals surface area contributed by atoms with E-state index in [2.05, 4.69) is 33.7 Å². The third kappa shape index (κ3) is 8.95. The van der Waals surface area contributed by atoms with E-state index in [0.717, 1.165) is 45.4 Å². The van der Waals surface area contributed by atoms with E-state index in [-0.39, 0.29) is 4.90 Å². The lowest BCUT2D eigenvalue weighted by Crippen LogP contribution is -2.28. The highest BCUT2D eigenvalue weighted by Crippen LogP contribution is 2.44. The topological polar surface area (TPSA) is 92.2 Å². The van der Waals surface area contributed by atoms with Gasteiger partial charge in [-0.2, -0.15) is 13.0 Å². The van der Waals surface area contributed by atoms with Crippen LogP contribution in [0.1, 0.15) is 0 Å². The third-order valence-electron chi connectivity index (χ3n) is 10.2. The molecular formula is C49H43N2O6S3+. The summed E-state index contributed by atoms with van der Waals surface area (Å²) in [5.74, 6) is 3.56. The monoisotopic (exact) mass is 851 g/mol. The van der Waals surface area contributed by atoms with Gasteiger partial charge < -0.3 is 18.8 Å². The van der Waals surface area contributed by atoms with Crippen molar-refractivity contribution in [3.8, 4) is 33.9 Å². The summed E-state index contributed by atoms with van der Waals surface area (Å²) in [5, 5.41) is 1.55. The van der Waals surface area contributed by atoms with Crippen molar-refractivity contribution in [3.05, 3.63) is 175 Å². The lowest BCUT2D eigenvalue weighted by molar-refractivity contribution is 0.412. The Balaban J connectivity index is 1.34. The van der Waals surface area contributed by atoms with Crippen LogP contribution in [-0.2, 0) is 10.1 Å². The Morgan fingerprint density at radius 2 is 1.28 bits per heavy atom. The first-order valence-electron chi connectivity index (χ1n) is 19.4. The van der Waals surface area contributed by atoms with Gasteiger partial charge in [0.2, 0.25) is 11.0 Å². The predicted molar refractivity (Wildman–Crippen MR) is 245 cm³/mol. The molecule has 1 N–H and O–H groups in total. The fraction of sp³-hybridized carbons (Fsp3) is 0.122. The Morgan fingerprint density at radius 1 is 0.650 bits per heavy atom. The average molecular weight is 852 g/mol. The predicted octanol–water partition coefficient (Wildman–Crippen LogP) is 11.3. The van der Waals surface area contributed by atoms with E-state index in [1.165, 1.54) is 15.9 Å². The molecule has 0 spiro atoms. The lowest BCUT2D eigenvalue weighted by Gasteiger charge is -2.27. The molecule has 6 aromatic carbocycles. The zero-order valence-corrected chi connectivity index (χ0v) is 35.6. The number of rotatable bonds is 15. The summed E-state index contributed by atoms with van der Waals surface area (Å²) in [7, 11) is -1.26. The van der Waals surface area contributed by atoms with Crippen molar-refractivity contribution < 1.29 is 26.9 Å². The van der Waals surface area contributed by atoms with Gasteiger partial charge in [0.15, 0.2) is 12.3 Å². The summed E-state index contributed by atoms with van der Waals surface area (Å²) in [6, 6.07) is 55.0. The number of hydrogen-bond acceptors (Lipinski definition) is 8. The van der Waals surface area contributed by atoms with Gasteiger partial charge in [0, 0.05) is 68.1 Å². The van der Waals surface area contributed by atoms with Crippen LogP contribution in [-0.4, -0.2) is 51.8 Å². The van der Waals surface area contributed by atoms with E-state index >= 15 is 0 Å². The molecule has 0 amide bonds. The van der Waals surface area contributed by atoms with Gasteiger partial charge in [-0.1, -0.05) is 78.9 Å². The van der Waals surface area contributed by atoms with E-state index in [9.17, 15) is 13.0 Å². The molecule has 302 valence electrons.